The molecule has 4 heterocycles. The van der Waals surface area contributed by atoms with E-state index in [1.54, 1.807) is 10.4 Å². The normalized spacial score (nSPS) is 25.0. The Balaban J connectivity index is 0.00000182. The van der Waals surface area contributed by atoms with Gasteiger partial charge in [-0.3, -0.25) is 4.90 Å². The van der Waals surface area contributed by atoms with Crippen molar-refractivity contribution in [3.8, 4) is 10.4 Å². The maximum absolute atomic E-state index is 12.3. The van der Waals surface area contributed by atoms with E-state index < -0.39 is 6.09 Å². The summed E-state index contributed by atoms with van der Waals surface area (Å²) >= 11 is 1.51. The summed E-state index contributed by atoms with van der Waals surface area (Å²) in [4.78, 5) is 21.7. The Kier molecular flexibility index (Phi) is 5.32. The van der Waals surface area contributed by atoms with Crippen LogP contribution in [-0.2, 0) is 0 Å². The van der Waals surface area contributed by atoms with Crippen molar-refractivity contribution in [2.24, 2.45) is 0 Å². The van der Waals surface area contributed by atoms with Crippen LogP contribution in [0.4, 0.5) is 10.6 Å². The topological polar surface area (TPSA) is 56.7 Å². The Morgan fingerprint density at radius 1 is 1.16 bits per heavy atom. The number of carbonyl (C=O) groups is 1. The van der Waals surface area contributed by atoms with E-state index in [-0.39, 0.29) is 17.9 Å². The molecule has 3 fully saturated rings. The van der Waals surface area contributed by atoms with Gasteiger partial charge in [0.1, 0.15) is 0 Å². The molecular weight excluding hydrogens is 358 g/mol. The second-order valence-corrected chi connectivity index (χ2v) is 7.51. The fourth-order valence-electron chi connectivity index (χ4n) is 4.11. The summed E-state index contributed by atoms with van der Waals surface area (Å²) in [7, 11) is 0. The largest absolute Gasteiger partial charge is 0.465 e. The molecule has 0 spiro atoms. The molecule has 5 nitrogen and oxygen atoms in total. The second kappa shape index (κ2) is 7.32. The minimum Gasteiger partial charge on any atom is -0.465 e. The van der Waals surface area contributed by atoms with Gasteiger partial charge in [-0.15, -0.1) is 23.7 Å². The zero-order valence-electron chi connectivity index (χ0n) is 13.9. The Bertz CT molecular complexity index is 723. The van der Waals surface area contributed by atoms with Crippen LogP contribution in [0.3, 0.4) is 0 Å². The van der Waals surface area contributed by atoms with Gasteiger partial charge in [-0.1, -0.05) is 30.3 Å². The number of hydrogen-bond acceptors (Lipinski definition) is 4. The van der Waals surface area contributed by atoms with E-state index in [9.17, 15) is 9.90 Å². The molecule has 0 atom stereocenters. The van der Waals surface area contributed by atoms with Crippen LogP contribution in [0.5, 0.6) is 0 Å². The van der Waals surface area contributed by atoms with E-state index in [2.05, 4.69) is 9.88 Å². The monoisotopic (exact) mass is 379 g/mol. The lowest BCUT2D eigenvalue weighted by Crippen LogP contribution is -2.56. The number of carboxylic acid groups (broad SMARTS) is 1. The first kappa shape index (κ1) is 18.2. The lowest BCUT2D eigenvalue weighted by atomic mass is 9.83. The van der Waals surface area contributed by atoms with Crippen molar-refractivity contribution in [1.82, 2.24) is 9.88 Å². The van der Waals surface area contributed by atoms with Gasteiger partial charge in [0, 0.05) is 13.1 Å². The quantitative estimate of drug-likeness (QED) is 0.861. The summed E-state index contributed by atoms with van der Waals surface area (Å²) in [5.74, 6) is 0.606. The minimum absolute atomic E-state index is 0. The molecule has 0 saturated carbocycles. The van der Waals surface area contributed by atoms with Gasteiger partial charge >= 0.3 is 6.09 Å². The minimum atomic E-state index is -0.881. The van der Waals surface area contributed by atoms with Crippen molar-refractivity contribution in [2.75, 3.05) is 24.5 Å². The van der Waals surface area contributed by atoms with Crippen LogP contribution in [-0.4, -0.2) is 46.3 Å². The SMILES string of the molecule is Cl.O=C(O)N(c1ncsc1-c1ccccc1)C12CCCN(CC1)CC2. The molecule has 2 aromatic rings. The number of piperidine rings is 1. The molecule has 2 bridgehead atoms. The second-order valence-electron chi connectivity index (χ2n) is 6.66. The average Bonchev–Trinajstić information content (AvgIpc) is 2.85. The number of amides is 1. The number of hydrogen-bond donors (Lipinski definition) is 1. The zero-order chi connectivity index (χ0) is 16.6. The Morgan fingerprint density at radius 2 is 1.88 bits per heavy atom. The Hall–Kier alpha value is -1.63. The highest BCUT2D eigenvalue weighted by Gasteiger charge is 2.46. The van der Waals surface area contributed by atoms with E-state index in [1.807, 2.05) is 30.3 Å². The first-order chi connectivity index (χ1) is 11.7. The van der Waals surface area contributed by atoms with Gasteiger partial charge in [0.25, 0.3) is 0 Å². The molecule has 3 aliphatic heterocycles. The molecule has 0 radical (unpaired) electrons. The van der Waals surface area contributed by atoms with E-state index >= 15 is 0 Å². The Labute approximate surface area is 157 Å². The summed E-state index contributed by atoms with van der Waals surface area (Å²) in [6, 6.07) is 9.96. The molecule has 134 valence electrons. The van der Waals surface area contributed by atoms with Crippen LogP contribution < -0.4 is 4.90 Å². The van der Waals surface area contributed by atoms with Crippen LogP contribution in [0.25, 0.3) is 10.4 Å². The number of rotatable bonds is 3. The summed E-state index contributed by atoms with van der Waals surface area (Å²) in [5.41, 5.74) is 2.48. The van der Waals surface area contributed by atoms with Gasteiger partial charge in [-0.2, -0.15) is 0 Å². The molecule has 5 rings (SSSR count). The first-order valence-electron chi connectivity index (χ1n) is 8.44. The highest BCUT2D eigenvalue weighted by Crippen LogP contribution is 2.43. The van der Waals surface area contributed by atoms with Gasteiger partial charge in [-0.25, -0.2) is 9.78 Å². The fourth-order valence-corrected chi connectivity index (χ4v) is 4.89. The fraction of sp³-hybridized carbons (Fsp3) is 0.444. The van der Waals surface area contributed by atoms with Gasteiger partial charge in [0.05, 0.1) is 15.9 Å². The summed E-state index contributed by atoms with van der Waals surface area (Å²) < 4.78 is 0. The summed E-state index contributed by atoms with van der Waals surface area (Å²) in [6.45, 7) is 3.04. The van der Waals surface area contributed by atoms with Gasteiger partial charge in [0.2, 0.25) is 0 Å². The summed E-state index contributed by atoms with van der Waals surface area (Å²) in [5, 5.41) is 10.1. The van der Waals surface area contributed by atoms with Crippen LogP contribution >= 0.6 is 23.7 Å². The smallest absolute Gasteiger partial charge is 0.413 e. The third-order valence-corrected chi connectivity index (χ3v) is 6.23. The highest BCUT2D eigenvalue weighted by molar-refractivity contribution is 7.13. The van der Waals surface area contributed by atoms with Crippen molar-refractivity contribution >= 4 is 35.7 Å². The maximum Gasteiger partial charge on any atom is 0.413 e. The third kappa shape index (κ3) is 3.26. The molecule has 1 N–H and O–H groups in total. The van der Waals surface area contributed by atoms with Gasteiger partial charge in [0.15, 0.2) is 5.82 Å². The Morgan fingerprint density at radius 3 is 2.56 bits per heavy atom. The molecule has 3 aliphatic rings. The van der Waals surface area contributed by atoms with Crippen molar-refractivity contribution in [3.05, 3.63) is 35.8 Å². The number of thiazole rings is 1. The van der Waals surface area contributed by atoms with Gasteiger partial charge < -0.3 is 10.0 Å². The predicted octanol–water partition coefficient (Wildman–Crippen LogP) is 4.34. The van der Waals surface area contributed by atoms with Gasteiger partial charge in [-0.05, 0) is 37.8 Å². The molecule has 3 saturated heterocycles. The number of anilines is 1. The zero-order valence-corrected chi connectivity index (χ0v) is 15.6. The average molecular weight is 380 g/mol. The van der Waals surface area contributed by atoms with Crippen molar-refractivity contribution in [3.63, 3.8) is 0 Å². The van der Waals surface area contributed by atoms with E-state index in [4.69, 9.17) is 0 Å². The third-order valence-electron chi connectivity index (χ3n) is 5.37. The number of halogens is 1. The molecule has 0 aliphatic carbocycles. The number of fused-ring (bicyclic) bond motifs is 4. The van der Waals surface area contributed by atoms with Crippen LogP contribution in [0.1, 0.15) is 25.7 Å². The highest BCUT2D eigenvalue weighted by atomic mass is 35.5. The lowest BCUT2D eigenvalue weighted by Gasteiger charge is -2.44. The number of benzene rings is 1. The van der Waals surface area contributed by atoms with Crippen LogP contribution in [0.2, 0.25) is 0 Å². The van der Waals surface area contributed by atoms with E-state index in [0.29, 0.717) is 5.82 Å². The van der Waals surface area contributed by atoms with Crippen LogP contribution in [0, 0.1) is 0 Å². The van der Waals surface area contributed by atoms with Crippen LogP contribution in [0.15, 0.2) is 35.8 Å². The molecule has 1 aromatic heterocycles. The van der Waals surface area contributed by atoms with E-state index in [0.717, 1.165) is 55.8 Å². The van der Waals surface area contributed by atoms with E-state index in [1.165, 1.54) is 11.3 Å². The molecule has 7 heteroatoms. The molecule has 1 amide bonds. The van der Waals surface area contributed by atoms with Crippen molar-refractivity contribution in [2.45, 2.75) is 31.2 Å². The first-order valence-corrected chi connectivity index (χ1v) is 9.32. The lowest BCUT2D eigenvalue weighted by molar-refractivity contribution is 0.165. The molecule has 1 aromatic carbocycles. The standard InChI is InChI=1S/C18H21N3O2S.ClH/c22-17(23)21(18-7-4-10-20(11-8-18)12-9-18)16-15(24-13-19-16)14-5-2-1-3-6-14;/h1-3,5-6,13H,4,7-12H2,(H,22,23);1H. The number of aromatic nitrogens is 1. The molecule has 25 heavy (non-hydrogen) atoms. The molecular formula is C18H22ClN3O2S. The molecule has 0 unspecified atom stereocenters. The predicted molar refractivity (Wildman–Crippen MR) is 103 cm³/mol. The maximum atomic E-state index is 12.3. The van der Waals surface area contributed by atoms with Crippen molar-refractivity contribution < 1.29 is 9.90 Å². The number of nitrogens with zero attached hydrogens (tertiary/aromatic N) is 3. The van der Waals surface area contributed by atoms with Crippen molar-refractivity contribution in [1.29, 1.82) is 0 Å². The summed E-state index contributed by atoms with van der Waals surface area (Å²) in [6.07, 6.45) is 2.88.